The summed E-state index contributed by atoms with van der Waals surface area (Å²) in [5, 5.41) is 20.1. The predicted molar refractivity (Wildman–Crippen MR) is 73.7 cm³/mol. The quantitative estimate of drug-likeness (QED) is 0.609. The lowest BCUT2D eigenvalue weighted by Crippen LogP contribution is -2.41. The van der Waals surface area contributed by atoms with E-state index in [1.807, 2.05) is 0 Å². The van der Waals surface area contributed by atoms with Crippen LogP contribution in [-0.2, 0) is 4.74 Å². The number of carbonyl (C=O) groups excluding carboxylic acids is 1. The number of hydrogen-bond donors (Lipinski definition) is 2. The number of Topliss-reactive ketones (excluding diaryl/α,β-unsaturated/α-hetero) is 1. The summed E-state index contributed by atoms with van der Waals surface area (Å²) >= 11 is 0. The molecule has 3 rings (SSSR count). The van der Waals surface area contributed by atoms with E-state index in [9.17, 15) is 15.0 Å². The largest absolute Gasteiger partial charge is 0.508 e. The van der Waals surface area contributed by atoms with Crippen molar-refractivity contribution in [3.8, 4) is 11.5 Å². The molecule has 1 aromatic rings. The summed E-state index contributed by atoms with van der Waals surface area (Å²) in [6, 6.07) is 2.69. The van der Waals surface area contributed by atoms with Gasteiger partial charge in [-0.3, -0.25) is 4.79 Å². The summed E-state index contributed by atoms with van der Waals surface area (Å²) in [4.78, 5) is 12.8. The molecule has 20 heavy (non-hydrogen) atoms. The third-order valence-electron chi connectivity index (χ3n) is 4.46. The van der Waals surface area contributed by atoms with E-state index in [1.165, 1.54) is 12.1 Å². The molecule has 0 amide bonds. The molecule has 3 unspecified atom stereocenters. The van der Waals surface area contributed by atoms with Crippen LogP contribution in [0.2, 0.25) is 0 Å². The second-order valence-corrected chi connectivity index (χ2v) is 5.58. The number of aromatic hydroxyl groups is 2. The van der Waals surface area contributed by atoms with Gasteiger partial charge in [-0.25, -0.2) is 0 Å². The lowest BCUT2D eigenvalue weighted by molar-refractivity contribution is 0.0409. The zero-order valence-electron chi connectivity index (χ0n) is 11.2. The van der Waals surface area contributed by atoms with Crippen molar-refractivity contribution < 1.29 is 19.7 Å². The van der Waals surface area contributed by atoms with Crippen molar-refractivity contribution in [2.24, 2.45) is 11.3 Å². The van der Waals surface area contributed by atoms with Crippen LogP contribution in [0.25, 0.3) is 0 Å². The van der Waals surface area contributed by atoms with Crippen LogP contribution >= 0.6 is 0 Å². The Bertz CT molecular complexity index is 646. The van der Waals surface area contributed by atoms with Gasteiger partial charge < -0.3 is 14.9 Å². The van der Waals surface area contributed by atoms with Gasteiger partial charge in [0.25, 0.3) is 0 Å². The molecule has 0 aromatic heterocycles. The Morgan fingerprint density at radius 3 is 2.70 bits per heavy atom. The van der Waals surface area contributed by atoms with Crippen LogP contribution in [-0.4, -0.2) is 22.6 Å². The maximum atomic E-state index is 12.8. The second-order valence-electron chi connectivity index (χ2n) is 5.58. The monoisotopic (exact) mass is 272 g/mol. The number of benzene rings is 1. The summed E-state index contributed by atoms with van der Waals surface area (Å²) < 4.78 is 5.71. The third-order valence-corrected chi connectivity index (χ3v) is 4.46. The molecular formula is C16H16O4. The van der Waals surface area contributed by atoms with Crippen LogP contribution in [0.5, 0.6) is 11.5 Å². The minimum atomic E-state index is -0.892. The Morgan fingerprint density at radius 2 is 2.05 bits per heavy atom. The number of hydrogen-bond acceptors (Lipinski definition) is 4. The van der Waals surface area contributed by atoms with E-state index in [2.05, 4.69) is 13.2 Å². The number of carbonyl (C=O) groups is 1. The van der Waals surface area contributed by atoms with Gasteiger partial charge in [-0.05, 0) is 24.6 Å². The summed E-state index contributed by atoms with van der Waals surface area (Å²) in [5.41, 5.74) is 0.400. The normalized spacial score (nSPS) is 31.9. The number of ketones is 1. The first-order valence-corrected chi connectivity index (χ1v) is 6.44. The summed E-state index contributed by atoms with van der Waals surface area (Å²) in [6.45, 7) is 9.84. The van der Waals surface area contributed by atoms with Crippen LogP contribution in [0.4, 0.5) is 0 Å². The van der Waals surface area contributed by atoms with Crippen molar-refractivity contribution in [2.75, 3.05) is 6.61 Å². The van der Waals surface area contributed by atoms with Crippen LogP contribution < -0.4 is 0 Å². The van der Waals surface area contributed by atoms with Crippen molar-refractivity contribution in [2.45, 2.75) is 13.0 Å². The molecule has 1 aromatic carbocycles. The fraction of sp³-hybridized carbons (Fsp3) is 0.312. The highest BCUT2D eigenvalue weighted by atomic mass is 16.5. The molecule has 2 N–H and O–H groups in total. The fourth-order valence-corrected chi connectivity index (χ4v) is 3.34. The van der Waals surface area contributed by atoms with Crippen molar-refractivity contribution >= 4 is 5.78 Å². The second kappa shape index (κ2) is 3.96. The summed E-state index contributed by atoms with van der Waals surface area (Å²) in [5.74, 6) is -0.714. The zero-order chi connectivity index (χ0) is 14.7. The van der Waals surface area contributed by atoms with E-state index in [4.69, 9.17) is 4.74 Å². The Hall–Kier alpha value is -2.07. The van der Waals surface area contributed by atoms with E-state index in [1.54, 1.807) is 13.0 Å². The van der Waals surface area contributed by atoms with Gasteiger partial charge in [-0.15, -0.1) is 6.58 Å². The fourth-order valence-electron chi connectivity index (χ4n) is 3.34. The van der Waals surface area contributed by atoms with Crippen molar-refractivity contribution in [1.82, 2.24) is 0 Å². The van der Waals surface area contributed by atoms with Gasteiger partial charge in [0.15, 0.2) is 5.78 Å². The van der Waals surface area contributed by atoms with Gasteiger partial charge in [-0.2, -0.15) is 0 Å². The molecule has 4 nitrogen and oxygen atoms in total. The molecule has 1 aliphatic heterocycles. The number of allylic oxidation sites excluding steroid dienone is 1. The van der Waals surface area contributed by atoms with Crippen LogP contribution in [0, 0.1) is 11.3 Å². The first-order valence-electron chi connectivity index (χ1n) is 6.44. The third kappa shape index (κ3) is 1.37. The first kappa shape index (κ1) is 12.9. The number of phenolic OH excluding ortho intramolecular Hbond substituents is 2. The zero-order valence-corrected chi connectivity index (χ0v) is 11.2. The Labute approximate surface area is 117 Å². The molecule has 0 radical (unpaired) electrons. The lowest BCUT2D eigenvalue weighted by Gasteiger charge is -2.40. The van der Waals surface area contributed by atoms with E-state index in [0.717, 1.165) is 5.57 Å². The van der Waals surface area contributed by atoms with Crippen molar-refractivity contribution in [3.05, 3.63) is 48.1 Å². The van der Waals surface area contributed by atoms with Gasteiger partial charge in [0.2, 0.25) is 0 Å². The summed E-state index contributed by atoms with van der Waals surface area (Å²) in [6.07, 6.45) is 1.10. The number of rotatable bonds is 1. The molecule has 1 heterocycles. The topological polar surface area (TPSA) is 66.8 Å². The molecule has 4 heteroatoms. The molecule has 1 saturated heterocycles. The van der Waals surface area contributed by atoms with Gasteiger partial charge >= 0.3 is 0 Å². The average molecular weight is 272 g/mol. The van der Waals surface area contributed by atoms with Gasteiger partial charge in [0, 0.05) is 11.5 Å². The first-order chi connectivity index (χ1) is 9.41. The minimum Gasteiger partial charge on any atom is -0.508 e. The number of fused-ring (bicyclic) bond motifs is 3. The number of ether oxygens (including phenoxy) is 1. The van der Waals surface area contributed by atoms with Gasteiger partial charge in [0.05, 0.1) is 23.7 Å². The lowest BCUT2D eigenvalue weighted by atomic mass is 9.61. The highest BCUT2D eigenvalue weighted by molar-refractivity contribution is 6.07. The van der Waals surface area contributed by atoms with Crippen LogP contribution in [0.1, 0.15) is 28.9 Å². The molecule has 0 bridgehead atoms. The molecule has 0 spiro atoms. The van der Waals surface area contributed by atoms with Gasteiger partial charge in [0.1, 0.15) is 11.5 Å². The maximum absolute atomic E-state index is 12.8. The van der Waals surface area contributed by atoms with Crippen LogP contribution in [0.15, 0.2) is 36.9 Å². The van der Waals surface area contributed by atoms with Crippen molar-refractivity contribution in [1.29, 1.82) is 0 Å². The number of phenols is 2. The van der Waals surface area contributed by atoms with Gasteiger partial charge in [-0.1, -0.05) is 12.7 Å². The Balaban J connectivity index is 2.35. The highest BCUT2D eigenvalue weighted by Gasteiger charge is 2.55. The SMILES string of the molecule is C=CC1(C)C(=O)c2c(O)ccc(O)c2C2OCC(=C)C21. The predicted octanol–water partition coefficient (Wildman–Crippen LogP) is 2.73. The molecule has 2 aliphatic rings. The standard InChI is InChI=1S/C16H16O4/c1-4-16(3)13-8(2)7-20-14(13)11-9(17)5-6-10(18)12(11)15(16)19/h4-6,13-14,17-18H,1-2,7H2,3H3. The molecule has 0 saturated carbocycles. The smallest absolute Gasteiger partial charge is 0.177 e. The van der Waals surface area contributed by atoms with Crippen molar-refractivity contribution in [3.63, 3.8) is 0 Å². The molecule has 1 aliphatic carbocycles. The minimum absolute atomic E-state index is 0.0398. The Kier molecular flexibility index (Phi) is 2.56. The Morgan fingerprint density at radius 1 is 1.40 bits per heavy atom. The molecule has 1 fully saturated rings. The maximum Gasteiger partial charge on any atom is 0.177 e. The van der Waals surface area contributed by atoms with E-state index >= 15 is 0 Å². The summed E-state index contributed by atoms with van der Waals surface area (Å²) in [7, 11) is 0. The van der Waals surface area contributed by atoms with E-state index < -0.39 is 11.5 Å². The molecule has 3 atom stereocenters. The average Bonchev–Trinajstić information content (AvgIpc) is 2.81. The molecular weight excluding hydrogens is 256 g/mol. The highest BCUT2D eigenvalue weighted by Crippen LogP contribution is 2.57. The van der Waals surface area contributed by atoms with E-state index in [-0.39, 0.29) is 28.8 Å². The van der Waals surface area contributed by atoms with Crippen LogP contribution in [0.3, 0.4) is 0 Å². The van der Waals surface area contributed by atoms with E-state index in [0.29, 0.717) is 12.2 Å². The molecule has 104 valence electrons.